The summed E-state index contributed by atoms with van der Waals surface area (Å²) in [5.74, 6) is -0.479. The number of carbonyl (C=O) groups is 2. The molecule has 0 bridgehead atoms. The van der Waals surface area contributed by atoms with Gasteiger partial charge in [-0.25, -0.2) is 8.42 Å². The molecule has 172 valence electrons. The van der Waals surface area contributed by atoms with E-state index in [1.54, 1.807) is 0 Å². The van der Waals surface area contributed by atoms with Crippen LogP contribution in [0.1, 0.15) is 42.5 Å². The van der Waals surface area contributed by atoms with Gasteiger partial charge in [0.15, 0.2) is 0 Å². The minimum Gasteiger partial charge on any atom is -0.379 e. The Bertz CT molecular complexity index is 914. The lowest BCUT2D eigenvalue weighted by atomic mass is 9.89. The highest BCUT2D eigenvalue weighted by atomic mass is 35.5. The molecule has 8 nitrogen and oxygen atoms in total. The Morgan fingerprint density at radius 1 is 1.00 bits per heavy atom. The van der Waals surface area contributed by atoms with Gasteiger partial charge in [-0.2, -0.15) is 4.31 Å². The van der Waals surface area contributed by atoms with E-state index in [9.17, 15) is 18.0 Å². The highest BCUT2D eigenvalue weighted by molar-refractivity contribution is 7.89. The van der Waals surface area contributed by atoms with Gasteiger partial charge in [-0.3, -0.25) is 9.59 Å². The largest absolute Gasteiger partial charge is 0.379 e. The van der Waals surface area contributed by atoms with Crippen molar-refractivity contribution in [2.45, 2.75) is 37.0 Å². The topological polar surface area (TPSA) is 105 Å². The predicted octanol–water partition coefficient (Wildman–Crippen LogP) is 2.44. The van der Waals surface area contributed by atoms with E-state index in [4.69, 9.17) is 27.9 Å². The average Bonchev–Trinajstić information content (AvgIpc) is 2.77. The van der Waals surface area contributed by atoms with E-state index < -0.39 is 15.9 Å². The fourth-order valence-electron chi connectivity index (χ4n) is 3.79. The van der Waals surface area contributed by atoms with Crippen molar-refractivity contribution in [2.24, 2.45) is 5.92 Å². The van der Waals surface area contributed by atoms with Gasteiger partial charge >= 0.3 is 0 Å². The first-order chi connectivity index (χ1) is 14.8. The molecule has 1 aromatic rings. The normalized spacial score (nSPS) is 18.5. The molecule has 1 aliphatic carbocycles. The van der Waals surface area contributed by atoms with E-state index in [1.807, 2.05) is 0 Å². The van der Waals surface area contributed by atoms with Crippen LogP contribution in [0.2, 0.25) is 10.0 Å². The summed E-state index contributed by atoms with van der Waals surface area (Å²) in [6, 6.07) is 2.46. The fraction of sp³-hybridized carbons (Fsp3) is 0.600. The zero-order valence-corrected chi connectivity index (χ0v) is 19.5. The van der Waals surface area contributed by atoms with Crippen LogP contribution < -0.4 is 10.6 Å². The predicted molar refractivity (Wildman–Crippen MR) is 118 cm³/mol. The molecular weight excluding hydrogens is 465 g/mol. The number of benzene rings is 1. The summed E-state index contributed by atoms with van der Waals surface area (Å²) in [6.07, 6.45) is 5.11. The van der Waals surface area contributed by atoms with Gasteiger partial charge in [0.2, 0.25) is 15.9 Å². The third-order valence-electron chi connectivity index (χ3n) is 5.54. The van der Waals surface area contributed by atoms with Gasteiger partial charge in [0, 0.05) is 32.1 Å². The number of nitrogens with zero attached hydrogens (tertiary/aromatic N) is 1. The highest BCUT2D eigenvalue weighted by Gasteiger charge is 2.30. The summed E-state index contributed by atoms with van der Waals surface area (Å²) >= 11 is 12.3. The van der Waals surface area contributed by atoms with Crippen LogP contribution in [-0.4, -0.2) is 63.9 Å². The van der Waals surface area contributed by atoms with Gasteiger partial charge in [-0.15, -0.1) is 0 Å². The Balaban J connectivity index is 1.61. The van der Waals surface area contributed by atoms with Gasteiger partial charge in [-0.05, 0) is 25.0 Å². The molecule has 0 radical (unpaired) electrons. The maximum atomic E-state index is 12.9. The van der Waals surface area contributed by atoms with Crippen LogP contribution >= 0.6 is 23.2 Å². The standard InChI is InChI=1S/C20H27Cl2N3O5S/c21-16-13-17(22)18(31(28,29)25-8-10-30-11-9-25)12-15(16)20(27)24-7-6-23-19(26)14-4-2-1-3-5-14/h12-14H,1-11H2,(H,23,26)(H,24,27). The van der Waals surface area contributed by atoms with E-state index >= 15 is 0 Å². The van der Waals surface area contributed by atoms with E-state index in [1.165, 1.54) is 22.9 Å². The van der Waals surface area contributed by atoms with Crippen LogP contribution in [0.3, 0.4) is 0 Å². The van der Waals surface area contributed by atoms with Crippen molar-refractivity contribution < 1.29 is 22.7 Å². The Labute approximate surface area is 192 Å². The first-order valence-corrected chi connectivity index (χ1v) is 12.6. The van der Waals surface area contributed by atoms with Crippen LogP contribution in [-0.2, 0) is 19.6 Å². The molecular formula is C20H27Cl2N3O5S. The van der Waals surface area contributed by atoms with Crippen molar-refractivity contribution in [3.63, 3.8) is 0 Å². The summed E-state index contributed by atoms with van der Waals surface area (Å²) < 4.78 is 32.4. The smallest absolute Gasteiger partial charge is 0.252 e. The van der Waals surface area contributed by atoms with E-state index in [0.29, 0.717) is 13.2 Å². The Kier molecular flexibility index (Phi) is 8.58. The minimum atomic E-state index is -3.89. The third-order valence-corrected chi connectivity index (χ3v) is 8.22. The number of rotatable bonds is 7. The number of ether oxygens (including phenoxy) is 1. The second kappa shape index (κ2) is 11.0. The number of sulfonamides is 1. The Hall–Kier alpha value is -1.39. The first kappa shape index (κ1) is 24.3. The monoisotopic (exact) mass is 491 g/mol. The maximum absolute atomic E-state index is 12.9. The van der Waals surface area contributed by atoms with Crippen LogP contribution in [0.15, 0.2) is 17.0 Å². The molecule has 0 atom stereocenters. The molecule has 1 aliphatic heterocycles. The average molecular weight is 492 g/mol. The molecule has 2 fully saturated rings. The van der Waals surface area contributed by atoms with Crippen molar-refractivity contribution in [3.8, 4) is 0 Å². The summed E-state index contributed by atoms with van der Waals surface area (Å²) in [5.41, 5.74) is 0.0107. The van der Waals surface area contributed by atoms with Crippen molar-refractivity contribution >= 4 is 45.0 Å². The van der Waals surface area contributed by atoms with Gasteiger partial charge in [-0.1, -0.05) is 42.5 Å². The molecule has 0 unspecified atom stereocenters. The molecule has 0 spiro atoms. The van der Waals surface area contributed by atoms with Crippen LogP contribution in [0, 0.1) is 5.92 Å². The molecule has 11 heteroatoms. The zero-order valence-electron chi connectivity index (χ0n) is 17.2. The summed E-state index contributed by atoms with van der Waals surface area (Å²) in [7, 11) is -3.89. The number of halogens is 2. The van der Waals surface area contributed by atoms with Gasteiger partial charge in [0.05, 0.1) is 28.8 Å². The lowest BCUT2D eigenvalue weighted by molar-refractivity contribution is -0.125. The number of hydrogen-bond donors (Lipinski definition) is 2. The van der Waals surface area contributed by atoms with Crippen molar-refractivity contribution in [3.05, 3.63) is 27.7 Å². The molecule has 2 amide bonds. The zero-order chi connectivity index (χ0) is 22.4. The van der Waals surface area contributed by atoms with Gasteiger partial charge < -0.3 is 15.4 Å². The molecule has 1 aromatic carbocycles. The summed E-state index contributed by atoms with van der Waals surface area (Å²) in [4.78, 5) is 24.6. The number of carbonyl (C=O) groups excluding carboxylic acids is 2. The van der Waals surface area contributed by atoms with Crippen LogP contribution in [0.5, 0.6) is 0 Å². The summed E-state index contributed by atoms with van der Waals surface area (Å²) in [5, 5.41) is 5.51. The number of amides is 2. The molecule has 31 heavy (non-hydrogen) atoms. The lowest BCUT2D eigenvalue weighted by Crippen LogP contribution is -2.41. The Morgan fingerprint density at radius 2 is 1.65 bits per heavy atom. The third kappa shape index (κ3) is 6.10. The molecule has 0 aromatic heterocycles. The van der Waals surface area contributed by atoms with E-state index in [2.05, 4.69) is 10.6 Å². The maximum Gasteiger partial charge on any atom is 0.252 e. The number of morpholine rings is 1. The SMILES string of the molecule is O=C(NCCNC(=O)C1CCCCC1)c1cc(S(=O)(=O)N2CCOCC2)c(Cl)cc1Cl. The second-order valence-electron chi connectivity index (χ2n) is 7.66. The van der Waals surface area contributed by atoms with Crippen molar-refractivity contribution in [1.82, 2.24) is 14.9 Å². The Morgan fingerprint density at radius 3 is 2.32 bits per heavy atom. The molecule has 2 N–H and O–H groups in total. The molecule has 3 rings (SSSR count). The second-order valence-corrected chi connectivity index (χ2v) is 10.4. The molecule has 1 saturated carbocycles. The lowest BCUT2D eigenvalue weighted by Gasteiger charge is -2.26. The highest BCUT2D eigenvalue weighted by Crippen LogP contribution is 2.31. The van der Waals surface area contributed by atoms with Crippen LogP contribution in [0.4, 0.5) is 0 Å². The van der Waals surface area contributed by atoms with Crippen LogP contribution in [0.25, 0.3) is 0 Å². The van der Waals surface area contributed by atoms with Crippen molar-refractivity contribution in [2.75, 3.05) is 39.4 Å². The van der Waals surface area contributed by atoms with Crippen molar-refractivity contribution in [1.29, 1.82) is 0 Å². The van der Waals surface area contributed by atoms with E-state index in [-0.39, 0.29) is 58.5 Å². The molecule has 1 heterocycles. The number of nitrogens with one attached hydrogen (secondary N) is 2. The van der Waals surface area contributed by atoms with Gasteiger partial charge in [0.25, 0.3) is 5.91 Å². The molecule has 2 aliphatic rings. The minimum absolute atomic E-state index is 0.0107. The van der Waals surface area contributed by atoms with E-state index in [0.717, 1.165) is 25.7 Å². The fourth-order valence-corrected chi connectivity index (χ4v) is 6.03. The van der Waals surface area contributed by atoms with Gasteiger partial charge in [0.1, 0.15) is 4.90 Å². The molecule has 1 saturated heterocycles. The first-order valence-electron chi connectivity index (χ1n) is 10.4. The quantitative estimate of drug-likeness (QED) is 0.569. The summed E-state index contributed by atoms with van der Waals surface area (Å²) in [6.45, 7) is 1.49. The number of hydrogen-bond acceptors (Lipinski definition) is 5.